The minimum absolute atomic E-state index is 0.126. The largest absolute Gasteiger partial charge is 0.432 e. The van der Waals surface area contributed by atoms with E-state index < -0.39 is 52.4 Å². The van der Waals surface area contributed by atoms with Gasteiger partial charge in [-0.3, -0.25) is 0 Å². The number of alkyl halides is 5. The van der Waals surface area contributed by atoms with Crippen LogP contribution < -0.4 is 4.74 Å². The van der Waals surface area contributed by atoms with E-state index in [9.17, 15) is 39.5 Å². The highest BCUT2D eigenvalue weighted by Gasteiger charge is 2.43. The topological polar surface area (TPSA) is 9.23 Å². The molecule has 0 spiro atoms. The summed E-state index contributed by atoms with van der Waals surface area (Å²) in [5, 5.41) is 0. The third kappa shape index (κ3) is 6.64. The van der Waals surface area contributed by atoms with Crippen molar-refractivity contribution in [2.24, 2.45) is 11.8 Å². The highest BCUT2D eigenvalue weighted by Crippen LogP contribution is 2.40. The van der Waals surface area contributed by atoms with Gasteiger partial charge in [0.1, 0.15) is 40.1 Å². The zero-order valence-corrected chi connectivity index (χ0v) is 18.9. The molecular formula is C25H25F9O. The molecule has 0 N–H and O–H groups in total. The maximum atomic E-state index is 14.5. The predicted molar refractivity (Wildman–Crippen MR) is 111 cm³/mol. The molecule has 1 aliphatic rings. The first-order valence-electron chi connectivity index (χ1n) is 11.4. The van der Waals surface area contributed by atoms with Gasteiger partial charge in [0.2, 0.25) is 0 Å². The molecule has 2 aromatic rings. The quantitative estimate of drug-likeness (QED) is 0.321. The van der Waals surface area contributed by atoms with Gasteiger partial charge in [-0.1, -0.05) is 45.4 Å². The molecule has 1 aliphatic carbocycles. The van der Waals surface area contributed by atoms with Crippen molar-refractivity contribution in [1.29, 1.82) is 0 Å². The van der Waals surface area contributed by atoms with Crippen molar-refractivity contribution in [2.75, 3.05) is 0 Å². The van der Waals surface area contributed by atoms with Crippen LogP contribution in [0.4, 0.5) is 39.5 Å². The van der Waals surface area contributed by atoms with Crippen molar-refractivity contribution in [3.05, 3.63) is 64.2 Å². The first-order chi connectivity index (χ1) is 16.3. The maximum Gasteiger partial charge on any atom is 0.432 e. The lowest BCUT2D eigenvalue weighted by Gasteiger charge is -2.28. The molecule has 0 atom stereocenters. The SMILES string of the molecule is CCC[C@H]1CC[C@H](CCc2cc(F)c(C(F)(F)Oc3cc(F)c(C(F)(F)F)c(F)c3)c(F)c2)CC1. The minimum atomic E-state index is -5.42. The van der Waals surface area contributed by atoms with Crippen molar-refractivity contribution in [1.82, 2.24) is 0 Å². The molecule has 1 saturated carbocycles. The Balaban J connectivity index is 1.72. The van der Waals surface area contributed by atoms with Gasteiger partial charge in [-0.25, -0.2) is 17.6 Å². The Kier molecular flexibility index (Phi) is 8.32. The lowest BCUT2D eigenvalue weighted by molar-refractivity contribution is -0.189. The van der Waals surface area contributed by atoms with E-state index in [4.69, 9.17) is 0 Å². The molecule has 0 heterocycles. The molecule has 35 heavy (non-hydrogen) atoms. The summed E-state index contributed by atoms with van der Waals surface area (Å²) in [6.45, 7) is 2.13. The Labute approximate surface area is 197 Å². The summed E-state index contributed by atoms with van der Waals surface area (Å²) >= 11 is 0. The van der Waals surface area contributed by atoms with Crippen LogP contribution in [0, 0.1) is 35.1 Å². The lowest BCUT2D eigenvalue weighted by Crippen LogP contribution is -2.26. The van der Waals surface area contributed by atoms with Gasteiger partial charge in [-0.2, -0.15) is 22.0 Å². The first-order valence-corrected chi connectivity index (χ1v) is 11.4. The Morgan fingerprint density at radius 2 is 1.17 bits per heavy atom. The number of aryl methyl sites for hydroxylation is 1. The van der Waals surface area contributed by atoms with Gasteiger partial charge in [0.25, 0.3) is 0 Å². The molecule has 0 unspecified atom stereocenters. The molecule has 0 bridgehead atoms. The molecule has 0 radical (unpaired) electrons. The molecule has 1 nitrogen and oxygen atoms in total. The van der Waals surface area contributed by atoms with E-state index in [0.29, 0.717) is 18.3 Å². The van der Waals surface area contributed by atoms with Crippen LogP contribution in [-0.4, -0.2) is 0 Å². The summed E-state index contributed by atoms with van der Waals surface area (Å²) in [5.41, 5.74) is -3.93. The fraction of sp³-hybridized carbons (Fsp3) is 0.520. The summed E-state index contributed by atoms with van der Waals surface area (Å²) in [6.07, 6.45) is -2.76. The highest BCUT2D eigenvalue weighted by molar-refractivity contribution is 5.34. The Hall–Kier alpha value is -2.39. The molecule has 0 saturated heterocycles. The zero-order valence-electron chi connectivity index (χ0n) is 18.9. The van der Waals surface area contributed by atoms with Crippen LogP contribution in [0.3, 0.4) is 0 Å². The lowest BCUT2D eigenvalue weighted by atomic mass is 9.78. The van der Waals surface area contributed by atoms with Crippen LogP contribution in [0.25, 0.3) is 0 Å². The first kappa shape index (κ1) is 27.2. The molecule has 3 rings (SSSR count). The fourth-order valence-corrected chi connectivity index (χ4v) is 4.71. The number of hydrogen-bond acceptors (Lipinski definition) is 1. The van der Waals surface area contributed by atoms with Gasteiger partial charge in [-0.15, -0.1) is 0 Å². The van der Waals surface area contributed by atoms with E-state index in [-0.39, 0.29) is 24.1 Å². The van der Waals surface area contributed by atoms with Gasteiger partial charge in [0, 0.05) is 12.1 Å². The van der Waals surface area contributed by atoms with Gasteiger partial charge in [0.15, 0.2) is 0 Å². The second kappa shape index (κ2) is 10.7. The predicted octanol–water partition coefficient (Wildman–Crippen LogP) is 8.93. The molecule has 1 fully saturated rings. The van der Waals surface area contributed by atoms with Crippen molar-refractivity contribution in [2.45, 2.75) is 70.6 Å². The molecule has 0 aromatic heterocycles. The molecule has 0 amide bonds. The average Bonchev–Trinajstić information content (AvgIpc) is 2.70. The Bertz CT molecular complexity index is 978. The molecule has 2 aromatic carbocycles. The van der Waals surface area contributed by atoms with Crippen LogP contribution in [0.5, 0.6) is 5.75 Å². The fourth-order valence-electron chi connectivity index (χ4n) is 4.71. The third-order valence-corrected chi connectivity index (χ3v) is 6.44. The summed E-state index contributed by atoms with van der Waals surface area (Å²) in [4.78, 5) is 0. The molecule has 0 aliphatic heterocycles. The van der Waals surface area contributed by atoms with Crippen molar-refractivity contribution in [3.8, 4) is 5.75 Å². The average molecular weight is 512 g/mol. The normalized spacial score (nSPS) is 19.1. The van der Waals surface area contributed by atoms with E-state index in [2.05, 4.69) is 11.7 Å². The smallest absolute Gasteiger partial charge is 0.429 e. The second-order valence-electron chi connectivity index (χ2n) is 9.03. The van der Waals surface area contributed by atoms with E-state index >= 15 is 0 Å². The summed E-state index contributed by atoms with van der Waals surface area (Å²) in [7, 11) is 0. The standard InChI is InChI=1S/C25H25F9O/c1-2-3-14-4-6-15(7-5-14)8-9-16-10-18(26)23(19(27)11-16)25(33,34)35-17-12-20(28)22(21(29)13-17)24(30,31)32/h10-15H,2-9H2,1H3/t14-,15-. The number of hydrogen-bond donors (Lipinski definition) is 0. The minimum Gasteiger partial charge on any atom is -0.429 e. The van der Waals surface area contributed by atoms with Crippen molar-refractivity contribution < 1.29 is 44.3 Å². The molecule has 10 heteroatoms. The number of rotatable bonds is 8. The number of benzene rings is 2. The van der Waals surface area contributed by atoms with E-state index in [1.54, 1.807) is 0 Å². The maximum absolute atomic E-state index is 14.5. The van der Waals surface area contributed by atoms with Crippen LogP contribution in [0.1, 0.15) is 68.6 Å². The second-order valence-corrected chi connectivity index (χ2v) is 9.03. The highest BCUT2D eigenvalue weighted by atomic mass is 19.4. The van der Waals surface area contributed by atoms with Gasteiger partial charge >= 0.3 is 12.3 Å². The monoisotopic (exact) mass is 512 g/mol. The molecular weight excluding hydrogens is 487 g/mol. The zero-order chi connectivity index (χ0) is 26.0. The van der Waals surface area contributed by atoms with Gasteiger partial charge in [0.05, 0.1) is 0 Å². The third-order valence-electron chi connectivity index (χ3n) is 6.44. The summed E-state index contributed by atoms with van der Waals surface area (Å²) < 4.78 is 127. The van der Waals surface area contributed by atoms with Crippen LogP contribution in [0.15, 0.2) is 24.3 Å². The summed E-state index contributed by atoms with van der Waals surface area (Å²) in [6, 6.07) is 1.23. The van der Waals surface area contributed by atoms with Gasteiger partial charge in [-0.05, 0) is 42.4 Å². The van der Waals surface area contributed by atoms with Crippen LogP contribution in [-0.2, 0) is 18.7 Å². The Morgan fingerprint density at radius 3 is 1.63 bits per heavy atom. The Morgan fingerprint density at radius 1 is 0.714 bits per heavy atom. The van der Waals surface area contributed by atoms with E-state index in [0.717, 1.165) is 44.2 Å². The van der Waals surface area contributed by atoms with Crippen molar-refractivity contribution >= 4 is 0 Å². The van der Waals surface area contributed by atoms with E-state index in [1.807, 2.05) is 0 Å². The van der Waals surface area contributed by atoms with Gasteiger partial charge < -0.3 is 4.74 Å². The summed E-state index contributed by atoms with van der Waals surface area (Å²) in [5.74, 6) is -7.97. The number of halogens is 9. The van der Waals surface area contributed by atoms with Crippen LogP contribution in [0.2, 0.25) is 0 Å². The molecule has 194 valence electrons. The van der Waals surface area contributed by atoms with Crippen molar-refractivity contribution in [3.63, 3.8) is 0 Å². The van der Waals surface area contributed by atoms with E-state index in [1.165, 1.54) is 6.42 Å². The van der Waals surface area contributed by atoms with Crippen LogP contribution >= 0.6 is 0 Å². The number of ether oxygens (including phenoxy) is 1.